The molecule has 106 valence electrons. The van der Waals surface area contributed by atoms with Crippen LogP contribution in [0.3, 0.4) is 0 Å². The predicted molar refractivity (Wildman–Crippen MR) is 76.5 cm³/mol. The molecule has 0 amide bonds. The fourth-order valence-corrected chi connectivity index (χ4v) is 4.19. The molecule has 5 atom stereocenters. The van der Waals surface area contributed by atoms with Crippen molar-refractivity contribution in [2.75, 3.05) is 19.6 Å². The average Bonchev–Trinajstić information content (AvgIpc) is 2.72. The van der Waals surface area contributed by atoms with E-state index in [4.69, 9.17) is 0 Å². The molecular formula is C16H31NO. The minimum absolute atomic E-state index is 0.0611. The van der Waals surface area contributed by atoms with E-state index >= 15 is 0 Å². The van der Waals surface area contributed by atoms with E-state index in [-0.39, 0.29) is 6.10 Å². The molecule has 18 heavy (non-hydrogen) atoms. The highest BCUT2D eigenvalue weighted by molar-refractivity contribution is 4.86. The molecule has 0 radical (unpaired) electrons. The molecule has 0 bridgehead atoms. The number of hydrogen-bond acceptors (Lipinski definition) is 2. The van der Waals surface area contributed by atoms with E-state index in [9.17, 15) is 5.11 Å². The number of aliphatic hydroxyl groups is 1. The second-order valence-corrected chi connectivity index (χ2v) is 6.99. The van der Waals surface area contributed by atoms with Crippen LogP contribution in [0.25, 0.3) is 0 Å². The van der Waals surface area contributed by atoms with Gasteiger partial charge in [0, 0.05) is 19.0 Å². The van der Waals surface area contributed by atoms with E-state index in [1.165, 1.54) is 38.8 Å². The largest absolute Gasteiger partial charge is 0.393 e. The zero-order valence-corrected chi connectivity index (χ0v) is 12.4. The van der Waals surface area contributed by atoms with Gasteiger partial charge in [0.05, 0.1) is 6.10 Å². The van der Waals surface area contributed by atoms with E-state index in [2.05, 4.69) is 25.7 Å². The molecule has 5 unspecified atom stereocenters. The van der Waals surface area contributed by atoms with E-state index < -0.39 is 0 Å². The fraction of sp³-hybridized carbons (Fsp3) is 1.00. The Hall–Kier alpha value is -0.0800. The molecule has 1 saturated carbocycles. The van der Waals surface area contributed by atoms with Crippen LogP contribution in [0.1, 0.15) is 52.9 Å². The summed E-state index contributed by atoms with van der Waals surface area (Å²) >= 11 is 0. The molecular weight excluding hydrogens is 222 g/mol. The van der Waals surface area contributed by atoms with Crippen LogP contribution >= 0.6 is 0 Å². The van der Waals surface area contributed by atoms with E-state index in [0.29, 0.717) is 17.8 Å². The van der Waals surface area contributed by atoms with Crippen LogP contribution in [0.15, 0.2) is 0 Å². The molecule has 0 aromatic heterocycles. The number of likely N-dealkylation sites (tertiary alicyclic amines) is 1. The van der Waals surface area contributed by atoms with E-state index in [1.807, 2.05) is 0 Å². The summed E-state index contributed by atoms with van der Waals surface area (Å²) in [6.07, 6.45) is 6.33. The predicted octanol–water partition coefficient (Wildman–Crippen LogP) is 3.15. The van der Waals surface area contributed by atoms with E-state index in [0.717, 1.165) is 18.9 Å². The van der Waals surface area contributed by atoms with Crippen LogP contribution < -0.4 is 0 Å². The van der Waals surface area contributed by atoms with E-state index in [1.54, 1.807) is 0 Å². The van der Waals surface area contributed by atoms with Crippen LogP contribution in [0.2, 0.25) is 0 Å². The SMILES string of the molecule is CCCC1CCN(CC2C(C)CC(C)CC2O)C1. The Morgan fingerprint density at radius 3 is 2.67 bits per heavy atom. The summed E-state index contributed by atoms with van der Waals surface area (Å²) in [5, 5.41) is 10.3. The number of rotatable bonds is 4. The molecule has 1 N–H and O–H groups in total. The monoisotopic (exact) mass is 253 g/mol. The molecule has 1 aliphatic heterocycles. The summed E-state index contributed by atoms with van der Waals surface area (Å²) in [6, 6.07) is 0. The van der Waals surface area contributed by atoms with Gasteiger partial charge in [0.2, 0.25) is 0 Å². The van der Waals surface area contributed by atoms with Gasteiger partial charge in [-0.25, -0.2) is 0 Å². The van der Waals surface area contributed by atoms with Crippen molar-refractivity contribution in [1.82, 2.24) is 4.90 Å². The standard InChI is InChI=1S/C16H31NO/c1-4-5-14-6-7-17(10-14)11-15-13(3)8-12(2)9-16(15)18/h12-16,18H,4-11H2,1-3H3. The Labute approximate surface area is 113 Å². The molecule has 2 nitrogen and oxygen atoms in total. The Bertz CT molecular complexity index is 243. The molecule has 0 spiro atoms. The number of hydrogen-bond donors (Lipinski definition) is 1. The van der Waals surface area contributed by atoms with Gasteiger partial charge in [-0.3, -0.25) is 0 Å². The van der Waals surface area contributed by atoms with Gasteiger partial charge in [-0.1, -0.05) is 27.2 Å². The van der Waals surface area contributed by atoms with Crippen LogP contribution in [0, 0.1) is 23.7 Å². The first-order chi connectivity index (χ1) is 8.60. The van der Waals surface area contributed by atoms with Crippen molar-refractivity contribution in [3.05, 3.63) is 0 Å². The molecule has 2 aliphatic rings. The Morgan fingerprint density at radius 1 is 1.22 bits per heavy atom. The lowest BCUT2D eigenvalue weighted by Crippen LogP contribution is -2.42. The maximum absolute atomic E-state index is 10.3. The Kier molecular flexibility index (Phi) is 5.08. The topological polar surface area (TPSA) is 23.5 Å². The molecule has 1 aliphatic carbocycles. The summed E-state index contributed by atoms with van der Waals surface area (Å²) in [5.74, 6) is 2.83. The first kappa shape index (κ1) is 14.3. The summed E-state index contributed by atoms with van der Waals surface area (Å²) in [4.78, 5) is 2.61. The molecule has 0 aromatic rings. The van der Waals surface area contributed by atoms with Gasteiger partial charge < -0.3 is 10.0 Å². The minimum atomic E-state index is -0.0611. The summed E-state index contributed by atoms with van der Waals surface area (Å²) in [6.45, 7) is 10.6. The highest BCUT2D eigenvalue weighted by Gasteiger charge is 2.35. The highest BCUT2D eigenvalue weighted by atomic mass is 16.3. The first-order valence-corrected chi connectivity index (χ1v) is 8.00. The van der Waals surface area contributed by atoms with Gasteiger partial charge >= 0.3 is 0 Å². The Balaban J connectivity index is 1.82. The molecule has 2 fully saturated rings. The van der Waals surface area contributed by atoms with Crippen molar-refractivity contribution >= 4 is 0 Å². The zero-order chi connectivity index (χ0) is 13.1. The van der Waals surface area contributed by atoms with Gasteiger partial charge in [-0.15, -0.1) is 0 Å². The van der Waals surface area contributed by atoms with Gasteiger partial charge in [-0.2, -0.15) is 0 Å². The van der Waals surface area contributed by atoms with Crippen molar-refractivity contribution in [1.29, 1.82) is 0 Å². The second-order valence-electron chi connectivity index (χ2n) is 6.99. The average molecular weight is 253 g/mol. The molecule has 1 heterocycles. The lowest BCUT2D eigenvalue weighted by Gasteiger charge is -2.39. The first-order valence-electron chi connectivity index (χ1n) is 8.00. The van der Waals surface area contributed by atoms with Gasteiger partial charge in [0.1, 0.15) is 0 Å². The fourth-order valence-electron chi connectivity index (χ4n) is 4.19. The highest BCUT2D eigenvalue weighted by Crippen LogP contribution is 2.35. The molecule has 2 heteroatoms. The zero-order valence-electron chi connectivity index (χ0n) is 12.4. The van der Waals surface area contributed by atoms with Crippen LogP contribution in [-0.4, -0.2) is 35.7 Å². The van der Waals surface area contributed by atoms with Crippen LogP contribution in [-0.2, 0) is 0 Å². The minimum Gasteiger partial charge on any atom is -0.393 e. The normalized spacial score (nSPS) is 42.3. The number of nitrogens with zero attached hydrogens (tertiary/aromatic N) is 1. The summed E-state index contributed by atoms with van der Waals surface area (Å²) in [5.41, 5.74) is 0. The van der Waals surface area contributed by atoms with Gasteiger partial charge in [0.25, 0.3) is 0 Å². The van der Waals surface area contributed by atoms with Gasteiger partial charge in [-0.05, 0) is 50.0 Å². The molecule has 1 saturated heterocycles. The van der Waals surface area contributed by atoms with Crippen molar-refractivity contribution in [2.24, 2.45) is 23.7 Å². The second kappa shape index (κ2) is 6.38. The lowest BCUT2D eigenvalue weighted by atomic mass is 9.73. The third-order valence-corrected chi connectivity index (χ3v) is 5.18. The maximum Gasteiger partial charge on any atom is 0.0585 e. The molecule has 2 rings (SSSR count). The molecule has 0 aromatic carbocycles. The maximum atomic E-state index is 10.3. The quantitative estimate of drug-likeness (QED) is 0.832. The lowest BCUT2D eigenvalue weighted by molar-refractivity contribution is 0.000787. The van der Waals surface area contributed by atoms with Crippen molar-refractivity contribution in [2.45, 2.75) is 59.0 Å². The number of aliphatic hydroxyl groups excluding tert-OH is 1. The third-order valence-electron chi connectivity index (χ3n) is 5.18. The smallest absolute Gasteiger partial charge is 0.0585 e. The summed E-state index contributed by atoms with van der Waals surface area (Å²) < 4.78 is 0. The summed E-state index contributed by atoms with van der Waals surface area (Å²) in [7, 11) is 0. The van der Waals surface area contributed by atoms with Crippen molar-refractivity contribution in [3.63, 3.8) is 0 Å². The van der Waals surface area contributed by atoms with Crippen LogP contribution in [0.5, 0.6) is 0 Å². The van der Waals surface area contributed by atoms with Crippen LogP contribution in [0.4, 0.5) is 0 Å². The van der Waals surface area contributed by atoms with Crippen molar-refractivity contribution in [3.8, 4) is 0 Å². The Morgan fingerprint density at radius 2 is 2.00 bits per heavy atom. The third kappa shape index (κ3) is 3.48. The van der Waals surface area contributed by atoms with Crippen molar-refractivity contribution < 1.29 is 5.11 Å². The van der Waals surface area contributed by atoms with Gasteiger partial charge in [0.15, 0.2) is 0 Å².